The van der Waals surface area contributed by atoms with Crippen LogP contribution in [0.15, 0.2) is 24.3 Å². The lowest BCUT2D eigenvalue weighted by molar-refractivity contribution is 0.0293. The Bertz CT molecular complexity index is 1380. The molecule has 1 aromatic heterocycles. The third-order valence-corrected chi connectivity index (χ3v) is 8.56. The van der Waals surface area contributed by atoms with Crippen LogP contribution in [0.4, 0.5) is 27.8 Å². The van der Waals surface area contributed by atoms with Gasteiger partial charge in [-0.1, -0.05) is 0 Å². The van der Waals surface area contributed by atoms with E-state index in [-0.39, 0.29) is 29.1 Å². The largest absolute Gasteiger partial charge is 0.444 e. The highest BCUT2D eigenvalue weighted by Gasteiger charge is 2.32. The number of aromatic nitrogens is 2. The van der Waals surface area contributed by atoms with E-state index in [1.54, 1.807) is 4.90 Å². The Morgan fingerprint density at radius 2 is 1.47 bits per heavy atom. The van der Waals surface area contributed by atoms with Crippen molar-refractivity contribution in [1.82, 2.24) is 24.7 Å². The van der Waals surface area contributed by atoms with Gasteiger partial charge < -0.3 is 41.5 Å². The number of carbonyl (C=O) groups excluding carboxylic acids is 3. The van der Waals surface area contributed by atoms with Crippen LogP contribution >= 0.6 is 0 Å². The van der Waals surface area contributed by atoms with Crippen molar-refractivity contribution >= 4 is 40.9 Å². The van der Waals surface area contributed by atoms with Gasteiger partial charge in [0.1, 0.15) is 5.60 Å². The molecule has 3 fully saturated rings. The molecule has 1 atom stereocenters. The average Bonchev–Trinajstić information content (AvgIpc) is 3.46. The molecule has 14 nitrogen and oxygen atoms in total. The molecule has 6 N–H and O–H groups in total. The zero-order valence-electron chi connectivity index (χ0n) is 26.7. The highest BCUT2D eigenvalue weighted by atomic mass is 16.6. The van der Waals surface area contributed by atoms with Crippen molar-refractivity contribution in [2.24, 2.45) is 11.5 Å². The Balaban J connectivity index is 1.25. The minimum atomic E-state index is -0.859. The summed E-state index contributed by atoms with van der Waals surface area (Å²) in [5.74, 6) is -1.51. The molecule has 0 radical (unpaired) electrons. The van der Waals surface area contributed by atoms with Crippen LogP contribution in [0.5, 0.6) is 0 Å². The SMILES string of the molecule is CN1CCN(C2CCN(c3ccc(Nc4nc(N[C@@H]5CCN(C(=O)OC(C)(C)C)C5)c(C(N)=O)nc4C(N)=O)cc3)CC2)CC1. The van der Waals surface area contributed by atoms with E-state index in [0.717, 1.165) is 57.8 Å². The molecule has 4 heterocycles. The number of piperazine rings is 1. The first-order valence-corrected chi connectivity index (χ1v) is 15.7. The Morgan fingerprint density at radius 1 is 0.844 bits per heavy atom. The van der Waals surface area contributed by atoms with Crippen LogP contribution < -0.4 is 27.0 Å². The van der Waals surface area contributed by atoms with Crippen LogP contribution in [-0.4, -0.2) is 120 Å². The number of likely N-dealkylation sites (N-methyl/N-ethyl adjacent to an activating group) is 1. The Morgan fingerprint density at radius 3 is 2.07 bits per heavy atom. The van der Waals surface area contributed by atoms with Crippen LogP contribution in [0.3, 0.4) is 0 Å². The van der Waals surface area contributed by atoms with Gasteiger partial charge in [-0.2, -0.15) is 0 Å². The van der Waals surface area contributed by atoms with E-state index in [2.05, 4.69) is 42.3 Å². The summed E-state index contributed by atoms with van der Waals surface area (Å²) in [7, 11) is 2.19. The van der Waals surface area contributed by atoms with Gasteiger partial charge in [-0.3, -0.25) is 14.5 Å². The lowest BCUT2D eigenvalue weighted by atomic mass is 10.0. The molecule has 1 aromatic carbocycles. The molecule has 3 aliphatic rings. The lowest BCUT2D eigenvalue weighted by Crippen LogP contribution is -2.52. The summed E-state index contributed by atoms with van der Waals surface area (Å²) in [6, 6.07) is 8.31. The van der Waals surface area contributed by atoms with E-state index >= 15 is 0 Å². The van der Waals surface area contributed by atoms with Crippen molar-refractivity contribution in [3.8, 4) is 0 Å². The van der Waals surface area contributed by atoms with Gasteiger partial charge in [0.2, 0.25) is 0 Å². The number of likely N-dealkylation sites (tertiary alicyclic amines) is 1. The Kier molecular flexibility index (Phi) is 9.63. The van der Waals surface area contributed by atoms with Crippen LogP contribution in [-0.2, 0) is 4.74 Å². The number of nitrogens with one attached hydrogen (secondary N) is 2. The fourth-order valence-corrected chi connectivity index (χ4v) is 6.10. The van der Waals surface area contributed by atoms with E-state index in [1.165, 1.54) is 0 Å². The third kappa shape index (κ3) is 8.11. The summed E-state index contributed by atoms with van der Waals surface area (Å²) in [4.78, 5) is 54.9. The molecule has 3 saturated heterocycles. The van der Waals surface area contributed by atoms with Crippen LogP contribution in [0, 0.1) is 0 Å². The average molecular weight is 623 g/mol. The van der Waals surface area contributed by atoms with Gasteiger partial charge in [-0.25, -0.2) is 14.8 Å². The summed E-state index contributed by atoms with van der Waals surface area (Å²) in [5.41, 5.74) is 12.0. The van der Waals surface area contributed by atoms with Crippen molar-refractivity contribution in [2.75, 3.05) is 74.9 Å². The van der Waals surface area contributed by atoms with Gasteiger partial charge in [-0.05, 0) is 71.3 Å². The summed E-state index contributed by atoms with van der Waals surface area (Å²) in [6.45, 7) is 12.8. The molecule has 14 heteroatoms. The minimum absolute atomic E-state index is 0.0951. The van der Waals surface area contributed by atoms with Crippen LogP contribution in [0.25, 0.3) is 0 Å². The summed E-state index contributed by atoms with van der Waals surface area (Å²) in [5, 5.41) is 6.33. The number of carbonyl (C=O) groups is 3. The van der Waals surface area contributed by atoms with Crippen molar-refractivity contribution in [1.29, 1.82) is 0 Å². The Labute approximate surface area is 264 Å². The fourth-order valence-electron chi connectivity index (χ4n) is 6.10. The highest BCUT2D eigenvalue weighted by Crippen LogP contribution is 2.28. The van der Waals surface area contributed by atoms with Gasteiger partial charge in [0.25, 0.3) is 11.8 Å². The zero-order valence-corrected chi connectivity index (χ0v) is 26.7. The standard InChI is InChI=1S/C31H46N10O4/c1-31(2,3)45-30(44)41-12-9-21(19-41)35-29-25(27(33)43)36-24(26(32)42)28(37-29)34-20-5-7-22(8-6-20)39-13-10-23(11-14-39)40-17-15-38(4)16-18-40/h5-8,21,23H,9-19H2,1-4H3,(H2,32,42)(H2,33,43)(H2,34,35,37)/t21-/m1/s1. The summed E-state index contributed by atoms with van der Waals surface area (Å²) in [6.07, 6.45) is 2.45. The maximum atomic E-state index is 12.5. The first-order chi connectivity index (χ1) is 21.4. The lowest BCUT2D eigenvalue weighted by Gasteiger charge is -2.42. The number of piperidine rings is 1. The molecule has 244 valence electrons. The fraction of sp³-hybridized carbons (Fsp3) is 0.581. The molecule has 3 aliphatic heterocycles. The molecule has 0 bridgehead atoms. The number of nitrogens with two attached hydrogens (primary N) is 2. The van der Waals surface area contributed by atoms with Gasteiger partial charge in [-0.15, -0.1) is 0 Å². The van der Waals surface area contributed by atoms with Crippen LogP contribution in [0.2, 0.25) is 0 Å². The predicted octanol–water partition coefficient (Wildman–Crippen LogP) is 2.06. The number of rotatable bonds is 8. The van der Waals surface area contributed by atoms with Gasteiger partial charge in [0, 0.05) is 75.8 Å². The summed E-state index contributed by atoms with van der Waals surface area (Å²) >= 11 is 0. The third-order valence-electron chi connectivity index (χ3n) is 8.56. The molecule has 45 heavy (non-hydrogen) atoms. The van der Waals surface area contributed by atoms with Gasteiger partial charge in [0.15, 0.2) is 23.0 Å². The molecule has 5 rings (SSSR count). The maximum Gasteiger partial charge on any atom is 0.410 e. The number of nitrogens with zero attached hydrogens (tertiary/aromatic N) is 6. The first-order valence-electron chi connectivity index (χ1n) is 15.7. The molecule has 3 amide bonds. The highest BCUT2D eigenvalue weighted by molar-refractivity contribution is 6.01. The van der Waals surface area contributed by atoms with E-state index in [0.29, 0.717) is 31.2 Å². The van der Waals surface area contributed by atoms with Gasteiger partial charge >= 0.3 is 6.09 Å². The van der Waals surface area contributed by atoms with Gasteiger partial charge in [0.05, 0.1) is 0 Å². The molecule has 2 aromatic rings. The predicted molar refractivity (Wildman–Crippen MR) is 173 cm³/mol. The minimum Gasteiger partial charge on any atom is -0.444 e. The van der Waals surface area contributed by atoms with E-state index in [1.807, 2.05) is 45.0 Å². The molecular weight excluding hydrogens is 576 g/mol. The molecule has 0 aliphatic carbocycles. The van der Waals surface area contributed by atoms with E-state index < -0.39 is 23.5 Å². The Hall–Kier alpha value is -4.17. The second-order valence-electron chi connectivity index (χ2n) is 13.1. The van der Waals surface area contributed by atoms with E-state index in [4.69, 9.17) is 16.2 Å². The van der Waals surface area contributed by atoms with Crippen molar-refractivity contribution in [3.63, 3.8) is 0 Å². The molecule has 0 saturated carbocycles. The molecular formula is C31H46N10O4. The zero-order chi connectivity index (χ0) is 32.3. The van der Waals surface area contributed by atoms with E-state index in [9.17, 15) is 14.4 Å². The van der Waals surface area contributed by atoms with Crippen molar-refractivity contribution in [2.45, 2.75) is 57.7 Å². The smallest absolute Gasteiger partial charge is 0.410 e. The van der Waals surface area contributed by atoms with Crippen LogP contribution in [0.1, 0.15) is 61.0 Å². The quantitative estimate of drug-likeness (QED) is 0.339. The van der Waals surface area contributed by atoms with Crippen molar-refractivity contribution < 1.29 is 19.1 Å². The monoisotopic (exact) mass is 622 g/mol. The molecule has 0 unspecified atom stereocenters. The maximum absolute atomic E-state index is 12.5. The number of benzene rings is 1. The number of amides is 3. The normalized spacial score (nSPS) is 20.2. The number of ether oxygens (including phenoxy) is 1. The van der Waals surface area contributed by atoms with Crippen molar-refractivity contribution in [3.05, 3.63) is 35.7 Å². The number of anilines is 4. The summed E-state index contributed by atoms with van der Waals surface area (Å²) < 4.78 is 5.48. The second kappa shape index (κ2) is 13.4. The first kappa shape index (κ1) is 32.2. The number of hydrogen-bond donors (Lipinski definition) is 4. The topological polar surface area (TPSA) is 175 Å². The molecule has 0 spiro atoms. The number of hydrogen-bond acceptors (Lipinski definition) is 11. The second-order valence-corrected chi connectivity index (χ2v) is 13.1. The number of primary amides is 2.